The minimum Gasteiger partial charge on any atom is -0.452 e. The Kier molecular flexibility index (Phi) is 4.51. The average Bonchev–Trinajstić information content (AvgIpc) is 2.95. The third-order valence-electron chi connectivity index (χ3n) is 3.20. The van der Waals surface area contributed by atoms with Gasteiger partial charge in [-0.05, 0) is 30.5 Å². The van der Waals surface area contributed by atoms with Gasteiger partial charge in [-0.1, -0.05) is 28.8 Å². The van der Waals surface area contributed by atoms with E-state index in [0.29, 0.717) is 18.2 Å². The van der Waals surface area contributed by atoms with Crippen molar-refractivity contribution >= 4 is 33.4 Å². The number of carbonyl (C=O) groups is 1. The smallest absolute Gasteiger partial charge is 0.259 e. The van der Waals surface area contributed by atoms with Gasteiger partial charge in [-0.15, -0.1) is 0 Å². The van der Waals surface area contributed by atoms with Gasteiger partial charge in [-0.3, -0.25) is 4.79 Å². The first-order valence-electron chi connectivity index (χ1n) is 5.84. The second-order valence-electron chi connectivity index (χ2n) is 4.23. The van der Waals surface area contributed by atoms with Gasteiger partial charge in [0.1, 0.15) is 0 Å². The lowest BCUT2D eigenvalue weighted by Crippen LogP contribution is -2.40. The van der Waals surface area contributed by atoms with Gasteiger partial charge in [0.05, 0.1) is 11.8 Å². The van der Waals surface area contributed by atoms with E-state index in [-0.39, 0.29) is 11.1 Å². The Balaban J connectivity index is 2.15. The van der Waals surface area contributed by atoms with Crippen molar-refractivity contribution in [2.24, 2.45) is 0 Å². The zero-order valence-electron chi connectivity index (χ0n) is 9.49. The Morgan fingerprint density at radius 3 is 2.76 bits per heavy atom. The van der Waals surface area contributed by atoms with E-state index in [4.69, 9.17) is 16.0 Å². The van der Waals surface area contributed by atoms with Gasteiger partial charge in [0, 0.05) is 17.9 Å². The summed E-state index contributed by atoms with van der Waals surface area (Å²) >= 11 is 9.26. The van der Waals surface area contributed by atoms with E-state index in [1.165, 1.54) is 19.1 Å². The summed E-state index contributed by atoms with van der Waals surface area (Å²) < 4.78 is 4.98. The van der Waals surface area contributed by atoms with Crippen LogP contribution in [0.15, 0.2) is 16.7 Å². The molecule has 0 atom stereocenters. The van der Waals surface area contributed by atoms with Crippen LogP contribution in [0.4, 0.5) is 0 Å². The number of hydrogen-bond acceptors (Lipinski definition) is 2. The fraction of sp³-hybridized carbons (Fsp3) is 0.583. The summed E-state index contributed by atoms with van der Waals surface area (Å²) in [5.74, 6) is -0.0184. The predicted octanol–water partition coefficient (Wildman–Crippen LogP) is 3.71. The van der Waals surface area contributed by atoms with E-state index in [1.54, 1.807) is 6.07 Å². The second kappa shape index (κ2) is 5.91. The van der Waals surface area contributed by atoms with Gasteiger partial charge in [-0.2, -0.15) is 0 Å². The molecule has 5 heteroatoms. The fourth-order valence-electron chi connectivity index (χ4n) is 2.36. The number of hydrogen-bond donors (Lipinski definition) is 0. The SMILES string of the molecule is O=C(c1ccoc1Cl)N(CCBr)C1CCCC1. The summed E-state index contributed by atoms with van der Waals surface area (Å²) in [6, 6.07) is 1.99. The summed E-state index contributed by atoms with van der Waals surface area (Å²) in [6.45, 7) is 0.713. The first-order chi connectivity index (χ1) is 8.24. The number of furan rings is 1. The molecular weight excluding hydrogens is 305 g/mol. The lowest BCUT2D eigenvalue weighted by atomic mass is 10.2. The maximum atomic E-state index is 12.4. The van der Waals surface area contributed by atoms with E-state index in [0.717, 1.165) is 18.2 Å². The Labute approximate surface area is 114 Å². The number of halogens is 2. The highest BCUT2D eigenvalue weighted by molar-refractivity contribution is 9.09. The number of carbonyl (C=O) groups excluding carboxylic acids is 1. The van der Waals surface area contributed by atoms with Crippen LogP contribution in [0.3, 0.4) is 0 Å². The van der Waals surface area contributed by atoms with Crippen LogP contribution >= 0.6 is 27.5 Å². The maximum absolute atomic E-state index is 12.4. The van der Waals surface area contributed by atoms with Crippen LogP contribution < -0.4 is 0 Å². The maximum Gasteiger partial charge on any atom is 0.259 e. The lowest BCUT2D eigenvalue weighted by molar-refractivity contribution is 0.0696. The highest BCUT2D eigenvalue weighted by atomic mass is 79.9. The number of rotatable bonds is 4. The normalized spacial score (nSPS) is 16.4. The molecule has 1 aliphatic carbocycles. The molecule has 1 aromatic heterocycles. The van der Waals surface area contributed by atoms with Crippen molar-refractivity contribution < 1.29 is 9.21 Å². The van der Waals surface area contributed by atoms with Gasteiger partial charge in [0.15, 0.2) is 0 Å². The van der Waals surface area contributed by atoms with Crippen molar-refractivity contribution in [2.75, 3.05) is 11.9 Å². The Bertz CT molecular complexity index is 388. The largest absolute Gasteiger partial charge is 0.452 e. The van der Waals surface area contributed by atoms with Gasteiger partial charge < -0.3 is 9.32 Å². The molecule has 17 heavy (non-hydrogen) atoms. The molecule has 0 aliphatic heterocycles. The van der Waals surface area contributed by atoms with Crippen LogP contribution in [0.25, 0.3) is 0 Å². The molecule has 0 saturated heterocycles. The summed E-state index contributed by atoms with van der Waals surface area (Å²) in [7, 11) is 0. The van der Waals surface area contributed by atoms with E-state index >= 15 is 0 Å². The van der Waals surface area contributed by atoms with E-state index < -0.39 is 0 Å². The zero-order valence-corrected chi connectivity index (χ0v) is 11.8. The minimum absolute atomic E-state index is 0.0184. The quantitative estimate of drug-likeness (QED) is 0.792. The molecule has 0 radical (unpaired) electrons. The van der Waals surface area contributed by atoms with Crippen molar-refractivity contribution in [3.8, 4) is 0 Å². The Morgan fingerprint density at radius 2 is 2.24 bits per heavy atom. The molecule has 0 spiro atoms. The first kappa shape index (κ1) is 13.0. The molecule has 1 saturated carbocycles. The van der Waals surface area contributed by atoms with Crippen LogP contribution in [0.1, 0.15) is 36.0 Å². The number of amides is 1. The molecule has 1 aromatic rings. The predicted molar refractivity (Wildman–Crippen MR) is 70.8 cm³/mol. The van der Waals surface area contributed by atoms with Gasteiger partial charge in [0.2, 0.25) is 5.22 Å². The molecular formula is C12H15BrClNO2. The van der Waals surface area contributed by atoms with Crippen LogP contribution in [0.5, 0.6) is 0 Å². The van der Waals surface area contributed by atoms with E-state index in [1.807, 2.05) is 4.90 Å². The van der Waals surface area contributed by atoms with Crippen molar-refractivity contribution in [1.29, 1.82) is 0 Å². The highest BCUT2D eigenvalue weighted by Gasteiger charge is 2.28. The molecule has 1 amide bonds. The Morgan fingerprint density at radius 1 is 1.53 bits per heavy atom. The van der Waals surface area contributed by atoms with Crippen molar-refractivity contribution in [3.63, 3.8) is 0 Å². The number of alkyl halides is 1. The van der Waals surface area contributed by atoms with Crippen LogP contribution in [0, 0.1) is 0 Å². The molecule has 1 fully saturated rings. The Hall–Kier alpha value is -0.480. The summed E-state index contributed by atoms with van der Waals surface area (Å²) in [6.07, 6.45) is 6.05. The molecule has 94 valence electrons. The van der Waals surface area contributed by atoms with Gasteiger partial charge in [-0.25, -0.2) is 0 Å². The molecule has 2 rings (SSSR count). The third kappa shape index (κ3) is 2.86. The molecule has 0 aromatic carbocycles. The molecule has 0 unspecified atom stereocenters. The molecule has 3 nitrogen and oxygen atoms in total. The second-order valence-corrected chi connectivity index (χ2v) is 5.37. The van der Waals surface area contributed by atoms with Crippen LogP contribution in [0.2, 0.25) is 5.22 Å². The summed E-state index contributed by atoms with van der Waals surface area (Å²) in [4.78, 5) is 14.3. The van der Waals surface area contributed by atoms with Gasteiger partial charge in [0.25, 0.3) is 5.91 Å². The van der Waals surface area contributed by atoms with Crippen LogP contribution in [-0.2, 0) is 0 Å². The minimum atomic E-state index is -0.0184. The van der Waals surface area contributed by atoms with Crippen molar-refractivity contribution in [3.05, 3.63) is 23.1 Å². The van der Waals surface area contributed by atoms with Crippen molar-refractivity contribution in [1.82, 2.24) is 4.90 Å². The topological polar surface area (TPSA) is 33.5 Å². The lowest BCUT2D eigenvalue weighted by Gasteiger charge is -2.28. The molecule has 0 N–H and O–H groups in total. The van der Waals surface area contributed by atoms with Crippen LogP contribution in [-0.4, -0.2) is 28.7 Å². The third-order valence-corrected chi connectivity index (χ3v) is 3.85. The van der Waals surface area contributed by atoms with Gasteiger partial charge >= 0.3 is 0 Å². The van der Waals surface area contributed by atoms with E-state index in [9.17, 15) is 4.79 Å². The summed E-state index contributed by atoms with van der Waals surface area (Å²) in [5.41, 5.74) is 0.472. The molecule has 1 aliphatic rings. The van der Waals surface area contributed by atoms with E-state index in [2.05, 4.69) is 15.9 Å². The standard InChI is InChI=1S/C12H15BrClNO2/c13-6-7-15(9-3-1-2-4-9)12(16)10-5-8-17-11(10)14/h5,8-9H,1-4,6-7H2. The fourth-order valence-corrected chi connectivity index (χ4v) is 2.94. The number of nitrogens with zero attached hydrogens (tertiary/aromatic N) is 1. The molecule has 1 heterocycles. The monoisotopic (exact) mass is 319 g/mol. The zero-order chi connectivity index (χ0) is 12.3. The van der Waals surface area contributed by atoms with Crippen molar-refractivity contribution in [2.45, 2.75) is 31.7 Å². The molecule has 0 bridgehead atoms. The highest BCUT2D eigenvalue weighted by Crippen LogP contribution is 2.27. The average molecular weight is 321 g/mol. The summed E-state index contributed by atoms with van der Waals surface area (Å²) in [5, 5.41) is 0.970. The first-order valence-corrected chi connectivity index (χ1v) is 7.34.